The van der Waals surface area contributed by atoms with E-state index in [1.807, 2.05) is 6.92 Å². The number of rotatable bonds is 4. The minimum absolute atomic E-state index is 0.0479. The third-order valence-electron chi connectivity index (χ3n) is 3.32. The van der Waals surface area contributed by atoms with E-state index in [2.05, 4.69) is 20.4 Å². The number of hydrogen-bond acceptors (Lipinski definition) is 3. The van der Waals surface area contributed by atoms with E-state index in [1.54, 1.807) is 0 Å². The van der Waals surface area contributed by atoms with Crippen molar-refractivity contribution in [1.82, 2.24) is 5.32 Å². The fraction of sp³-hybridized carbons (Fsp3) is 0.429. The zero-order valence-corrected chi connectivity index (χ0v) is 12.4. The zero-order valence-electron chi connectivity index (χ0n) is 12.4. The second-order valence-electron chi connectivity index (χ2n) is 5.48. The van der Waals surface area contributed by atoms with Gasteiger partial charge in [-0.15, -0.1) is 13.2 Å². The van der Waals surface area contributed by atoms with Crippen molar-refractivity contribution in [3.63, 3.8) is 0 Å². The van der Waals surface area contributed by atoms with Crippen LogP contribution in [0.4, 0.5) is 18.9 Å². The summed E-state index contributed by atoms with van der Waals surface area (Å²) in [6.45, 7) is 2.05. The molecule has 1 amide bonds. The van der Waals surface area contributed by atoms with Crippen LogP contribution in [0, 0.1) is 0 Å². The summed E-state index contributed by atoms with van der Waals surface area (Å²) in [4.78, 5) is 15.3. The lowest BCUT2D eigenvalue weighted by Crippen LogP contribution is -2.42. The molecule has 126 valence electrons. The summed E-state index contributed by atoms with van der Waals surface area (Å²) in [7, 11) is 0. The van der Waals surface area contributed by atoms with Crippen LogP contribution in [-0.2, 0) is 4.79 Å². The van der Waals surface area contributed by atoms with E-state index >= 15 is 0 Å². The van der Waals surface area contributed by atoms with Gasteiger partial charge in [-0.1, -0.05) is 12.1 Å². The molecule has 6 nitrogen and oxygen atoms in total. The molecule has 1 saturated heterocycles. The molecule has 23 heavy (non-hydrogen) atoms. The first-order valence-corrected chi connectivity index (χ1v) is 6.90. The Bertz CT molecular complexity index is 618. The Morgan fingerprint density at radius 3 is 2.78 bits per heavy atom. The number of para-hydroxylation sites is 2. The largest absolute Gasteiger partial charge is 0.573 e. The van der Waals surface area contributed by atoms with Crippen LogP contribution in [0.3, 0.4) is 0 Å². The fourth-order valence-electron chi connectivity index (χ4n) is 2.19. The van der Waals surface area contributed by atoms with Crippen LogP contribution in [-0.4, -0.2) is 30.3 Å². The molecule has 0 bridgehead atoms. The molecule has 0 aromatic heterocycles. The van der Waals surface area contributed by atoms with E-state index in [0.717, 1.165) is 0 Å². The smallest absolute Gasteiger partial charge is 0.404 e. The van der Waals surface area contributed by atoms with Gasteiger partial charge in [-0.2, -0.15) is 0 Å². The lowest BCUT2D eigenvalue weighted by Gasteiger charge is -2.21. The average Bonchev–Trinajstić information content (AvgIpc) is 2.78. The minimum Gasteiger partial charge on any atom is -0.404 e. The molecule has 1 aromatic carbocycles. The minimum atomic E-state index is -4.80. The highest BCUT2D eigenvalue weighted by atomic mass is 19.4. The molecule has 0 radical (unpaired) electrons. The van der Waals surface area contributed by atoms with Crippen LogP contribution in [0.25, 0.3) is 0 Å². The van der Waals surface area contributed by atoms with E-state index < -0.39 is 17.7 Å². The van der Waals surface area contributed by atoms with Crippen molar-refractivity contribution in [3.05, 3.63) is 24.3 Å². The Morgan fingerprint density at radius 2 is 2.17 bits per heavy atom. The number of ether oxygens (including phenoxy) is 1. The number of hydrogen-bond donors (Lipinski definition) is 3. The van der Waals surface area contributed by atoms with Crippen LogP contribution in [0.15, 0.2) is 29.3 Å². The molecule has 1 aromatic rings. The van der Waals surface area contributed by atoms with Gasteiger partial charge in [0.1, 0.15) is 0 Å². The Hall–Kier alpha value is -2.45. The van der Waals surface area contributed by atoms with Gasteiger partial charge in [-0.3, -0.25) is 9.79 Å². The highest BCUT2D eigenvalue weighted by Crippen LogP contribution is 2.29. The first kappa shape index (κ1) is 16.9. The van der Waals surface area contributed by atoms with Crippen LogP contribution in [0.5, 0.6) is 5.75 Å². The zero-order chi connectivity index (χ0) is 17.1. The second-order valence-corrected chi connectivity index (χ2v) is 5.48. The van der Waals surface area contributed by atoms with Gasteiger partial charge in [0, 0.05) is 6.42 Å². The number of carbonyl (C=O) groups excluding carboxylic acids is 1. The van der Waals surface area contributed by atoms with Crippen LogP contribution < -0.4 is 21.1 Å². The monoisotopic (exact) mass is 330 g/mol. The summed E-state index contributed by atoms with van der Waals surface area (Å²) < 4.78 is 41.0. The summed E-state index contributed by atoms with van der Waals surface area (Å²) >= 11 is 0. The SMILES string of the molecule is CC1(CN=C(N)Nc2ccccc2OC(F)(F)F)CCC(=O)N1. The number of nitrogens with zero attached hydrogens (tertiary/aromatic N) is 1. The predicted molar refractivity (Wildman–Crippen MR) is 79.0 cm³/mol. The summed E-state index contributed by atoms with van der Waals surface area (Å²) in [5, 5.41) is 5.36. The van der Waals surface area contributed by atoms with Gasteiger partial charge in [-0.05, 0) is 25.5 Å². The predicted octanol–water partition coefficient (Wildman–Crippen LogP) is 1.98. The highest BCUT2D eigenvalue weighted by molar-refractivity contribution is 5.93. The number of guanidine groups is 1. The third kappa shape index (κ3) is 5.04. The molecular formula is C14H17F3N4O2. The van der Waals surface area contributed by atoms with Gasteiger partial charge >= 0.3 is 6.36 Å². The Morgan fingerprint density at radius 1 is 1.48 bits per heavy atom. The van der Waals surface area contributed by atoms with Crippen molar-refractivity contribution in [2.24, 2.45) is 10.7 Å². The number of aliphatic imine (C=N–C) groups is 1. The number of nitrogens with one attached hydrogen (secondary N) is 2. The maximum absolute atomic E-state index is 12.3. The molecule has 0 aliphatic carbocycles. The second kappa shape index (κ2) is 6.35. The number of carbonyl (C=O) groups is 1. The molecule has 1 unspecified atom stereocenters. The lowest BCUT2D eigenvalue weighted by atomic mass is 10.0. The van der Waals surface area contributed by atoms with Gasteiger partial charge in [0.05, 0.1) is 17.8 Å². The molecule has 1 heterocycles. The number of benzene rings is 1. The van der Waals surface area contributed by atoms with E-state index in [-0.39, 0.29) is 24.1 Å². The lowest BCUT2D eigenvalue weighted by molar-refractivity contribution is -0.274. The number of anilines is 1. The van der Waals surface area contributed by atoms with Crippen molar-refractivity contribution in [2.45, 2.75) is 31.7 Å². The first-order chi connectivity index (χ1) is 10.7. The molecule has 1 atom stereocenters. The average molecular weight is 330 g/mol. The molecule has 2 rings (SSSR count). The van der Waals surface area contributed by atoms with Crippen LogP contribution >= 0.6 is 0 Å². The quantitative estimate of drug-likeness (QED) is 0.582. The Kier molecular flexibility index (Phi) is 4.67. The molecule has 1 aliphatic heterocycles. The number of nitrogens with two attached hydrogens (primary N) is 1. The molecule has 9 heteroatoms. The maximum atomic E-state index is 12.3. The van der Waals surface area contributed by atoms with E-state index in [1.165, 1.54) is 24.3 Å². The van der Waals surface area contributed by atoms with Gasteiger partial charge < -0.3 is 21.1 Å². The first-order valence-electron chi connectivity index (χ1n) is 6.90. The topological polar surface area (TPSA) is 88.7 Å². The highest BCUT2D eigenvalue weighted by Gasteiger charge is 2.33. The number of halogens is 3. The van der Waals surface area contributed by atoms with E-state index in [0.29, 0.717) is 12.8 Å². The van der Waals surface area contributed by atoms with Gasteiger partial charge in [0.2, 0.25) is 5.91 Å². The Balaban J connectivity index is 2.04. The third-order valence-corrected chi connectivity index (χ3v) is 3.32. The molecule has 0 saturated carbocycles. The van der Waals surface area contributed by atoms with Crippen LogP contribution in [0.2, 0.25) is 0 Å². The van der Waals surface area contributed by atoms with Crippen molar-refractivity contribution >= 4 is 17.6 Å². The molecule has 1 aliphatic rings. The van der Waals surface area contributed by atoms with Gasteiger partial charge in [0.15, 0.2) is 11.7 Å². The van der Waals surface area contributed by atoms with Gasteiger partial charge in [0.25, 0.3) is 0 Å². The van der Waals surface area contributed by atoms with E-state index in [9.17, 15) is 18.0 Å². The normalized spacial score (nSPS) is 21.9. The molecule has 1 fully saturated rings. The molecule has 0 spiro atoms. The van der Waals surface area contributed by atoms with Crippen molar-refractivity contribution in [2.75, 3.05) is 11.9 Å². The maximum Gasteiger partial charge on any atom is 0.573 e. The molecule has 4 N–H and O–H groups in total. The number of amides is 1. The summed E-state index contributed by atoms with van der Waals surface area (Å²) in [5.41, 5.74) is 5.25. The van der Waals surface area contributed by atoms with Crippen molar-refractivity contribution in [1.29, 1.82) is 0 Å². The summed E-state index contributed by atoms with van der Waals surface area (Å²) in [5.74, 6) is -0.526. The molecular weight excluding hydrogens is 313 g/mol. The standard InChI is InChI=1S/C14H17F3N4O2/c1-13(7-6-11(22)21-13)8-19-12(18)20-9-4-2-3-5-10(9)23-14(15,16)17/h2-5H,6-8H2,1H3,(H,21,22)(H3,18,19,20). The van der Waals surface area contributed by atoms with Gasteiger partial charge in [-0.25, -0.2) is 0 Å². The van der Waals surface area contributed by atoms with E-state index in [4.69, 9.17) is 5.73 Å². The van der Waals surface area contributed by atoms with Crippen molar-refractivity contribution in [3.8, 4) is 5.75 Å². The van der Waals surface area contributed by atoms with Crippen LogP contribution in [0.1, 0.15) is 19.8 Å². The summed E-state index contributed by atoms with van der Waals surface area (Å²) in [6, 6.07) is 5.51. The fourth-order valence-corrected chi connectivity index (χ4v) is 2.19. The number of alkyl halides is 3. The van der Waals surface area contributed by atoms with Crippen molar-refractivity contribution < 1.29 is 22.7 Å². The Labute approximate surface area is 130 Å². The summed E-state index contributed by atoms with van der Waals surface area (Å²) in [6.07, 6.45) is -3.76.